The van der Waals surface area contributed by atoms with E-state index in [0.29, 0.717) is 0 Å². The number of amides is 1. The molecule has 1 aromatic heterocycles. The summed E-state index contributed by atoms with van der Waals surface area (Å²) in [6.07, 6.45) is 1.98. The third-order valence-electron chi connectivity index (χ3n) is 5.29. The second kappa shape index (κ2) is 7.68. The summed E-state index contributed by atoms with van der Waals surface area (Å²) in [5, 5.41) is 9.66. The topological polar surface area (TPSA) is 86.3 Å². The summed E-state index contributed by atoms with van der Waals surface area (Å²) < 4.78 is 0. The predicted octanol–water partition coefficient (Wildman–Crippen LogP) is 2.97. The van der Waals surface area contributed by atoms with E-state index in [1.807, 2.05) is 60.7 Å². The predicted molar refractivity (Wildman–Crippen MR) is 104 cm³/mol. The van der Waals surface area contributed by atoms with E-state index in [2.05, 4.69) is 9.97 Å². The first-order valence-corrected chi connectivity index (χ1v) is 9.26. The summed E-state index contributed by atoms with van der Waals surface area (Å²) in [4.78, 5) is 33.7. The molecule has 0 bridgehead atoms. The van der Waals surface area contributed by atoms with Gasteiger partial charge in [-0.3, -0.25) is 4.79 Å². The Morgan fingerprint density at radius 2 is 1.68 bits per heavy atom. The third-order valence-corrected chi connectivity index (χ3v) is 5.29. The molecule has 0 fully saturated rings. The van der Waals surface area contributed by atoms with Gasteiger partial charge in [-0.2, -0.15) is 0 Å². The van der Waals surface area contributed by atoms with Gasteiger partial charge in [-0.25, -0.2) is 9.78 Å². The van der Waals surface area contributed by atoms with Gasteiger partial charge in [-0.1, -0.05) is 60.7 Å². The summed E-state index contributed by atoms with van der Waals surface area (Å²) in [6.45, 7) is 0.238. The van der Waals surface area contributed by atoms with Crippen molar-refractivity contribution in [2.75, 3.05) is 0 Å². The van der Waals surface area contributed by atoms with E-state index < -0.39 is 12.0 Å². The van der Waals surface area contributed by atoms with Crippen molar-refractivity contribution in [2.24, 2.45) is 0 Å². The minimum Gasteiger partial charge on any atom is -0.480 e. The van der Waals surface area contributed by atoms with Crippen molar-refractivity contribution in [2.45, 2.75) is 31.3 Å². The van der Waals surface area contributed by atoms with Crippen LogP contribution in [0.1, 0.15) is 34.9 Å². The van der Waals surface area contributed by atoms with Crippen molar-refractivity contribution in [3.05, 3.63) is 89.5 Å². The first-order valence-electron chi connectivity index (χ1n) is 9.26. The lowest BCUT2D eigenvalue weighted by atomic mass is 9.87. The Balaban J connectivity index is 1.63. The number of hydrogen-bond acceptors (Lipinski definition) is 3. The van der Waals surface area contributed by atoms with Gasteiger partial charge >= 0.3 is 5.97 Å². The Hall–Kier alpha value is -3.41. The van der Waals surface area contributed by atoms with Crippen molar-refractivity contribution in [3.63, 3.8) is 0 Å². The molecule has 1 amide bonds. The summed E-state index contributed by atoms with van der Waals surface area (Å²) in [5.74, 6) is -1.31. The van der Waals surface area contributed by atoms with E-state index >= 15 is 0 Å². The molecule has 0 radical (unpaired) electrons. The summed E-state index contributed by atoms with van der Waals surface area (Å²) in [5.41, 5.74) is 3.60. The first kappa shape index (κ1) is 18.0. The second-order valence-corrected chi connectivity index (χ2v) is 6.99. The largest absolute Gasteiger partial charge is 0.480 e. The number of imidazole rings is 1. The number of benzene rings is 2. The van der Waals surface area contributed by atoms with Crippen LogP contribution in [0.4, 0.5) is 0 Å². The van der Waals surface area contributed by atoms with Gasteiger partial charge in [0.05, 0.1) is 24.3 Å². The van der Waals surface area contributed by atoms with Crippen LogP contribution in [0.15, 0.2) is 67.0 Å². The van der Waals surface area contributed by atoms with Gasteiger partial charge in [0, 0.05) is 18.8 Å². The van der Waals surface area contributed by atoms with Crippen molar-refractivity contribution in [3.8, 4) is 0 Å². The summed E-state index contributed by atoms with van der Waals surface area (Å²) in [7, 11) is 0. The van der Waals surface area contributed by atoms with Crippen LogP contribution in [0.2, 0.25) is 0 Å². The standard InChI is InChI=1S/C22H21N3O3/c26-21(25-13-19-18(23-14-24-19)12-20(25)22(27)28)11-17(15-7-3-1-4-8-15)16-9-5-2-6-10-16/h1-10,14,17,20H,11-13H2,(H,23,24)(H,27,28)/t20-/m0/s1. The summed E-state index contributed by atoms with van der Waals surface area (Å²) in [6, 6.07) is 18.8. The van der Waals surface area contributed by atoms with Crippen LogP contribution in [0.3, 0.4) is 0 Å². The molecule has 1 atom stereocenters. The van der Waals surface area contributed by atoms with Gasteiger partial charge in [0.2, 0.25) is 5.91 Å². The average molecular weight is 375 g/mol. The van der Waals surface area contributed by atoms with Crippen LogP contribution in [0.5, 0.6) is 0 Å². The molecular formula is C22H21N3O3. The van der Waals surface area contributed by atoms with Crippen molar-refractivity contribution in [1.82, 2.24) is 14.9 Å². The maximum absolute atomic E-state index is 13.2. The highest BCUT2D eigenvalue weighted by atomic mass is 16.4. The van der Waals surface area contributed by atoms with Gasteiger partial charge in [-0.15, -0.1) is 0 Å². The lowest BCUT2D eigenvalue weighted by Crippen LogP contribution is -2.49. The fraction of sp³-hybridized carbons (Fsp3) is 0.227. The number of aliphatic carboxylic acids is 1. The number of rotatable bonds is 5. The zero-order chi connectivity index (χ0) is 19.5. The van der Waals surface area contributed by atoms with Crippen LogP contribution in [0, 0.1) is 0 Å². The Morgan fingerprint density at radius 1 is 1.07 bits per heavy atom. The molecule has 4 rings (SSSR count). The average Bonchev–Trinajstić information content (AvgIpc) is 3.20. The Morgan fingerprint density at radius 3 is 2.25 bits per heavy atom. The molecule has 1 aliphatic rings. The maximum Gasteiger partial charge on any atom is 0.326 e. The number of fused-ring (bicyclic) bond motifs is 1. The van der Waals surface area contributed by atoms with E-state index in [4.69, 9.17) is 0 Å². The minimum absolute atomic E-state index is 0.132. The molecule has 2 aromatic carbocycles. The highest BCUT2D eigenvalue weighted by molar-refractivity contribution is 5.85. The molecule has 0 aliphatic carbocycles. The maximum atomic E-state index is 13.2. The number of H-pyrrole nitrogens is 1. The molecule has 0 saturated carbocycles. The molecule has 1 aliphatic heterocycles. The van der Waals surface area contributed by atoms with Crippen LogP contribution < -0.4 is 0 Å². The van der Waals surface area contributed by atoms with Crippen molar-refractivity contribution < 1.29 is 14.7 Å². The van der Waals surface area contributed by atoms with Crippen molar-refractivity contribution >= 4 is 11.9 Å². The number of aromatic nitrogens is 2. The molecule has 3 aromatic rings. The van der Waals surface area contributed by atoms with Crippen LogP contribution >= 0.6 is 0 Å². The molecular weight excluding hydrogens is 354 g/mol. The fourth-order valence-corrected chi connectivity index (χ4v) is 3.81. The zero-order valence-electron chi connectivity index (χ0n) is 15.3. The third kappa shape index (κ3) is 3.53. The number of aromatic amines is 1. The van der Waals surface area contributed by atoms with Gasteiger partial charge < -0.3 is 15.0 Å². The zero-order valence-corrected chi connectivity index (χ0v) is 15.3. The van der Waals surface area contributed by atoms with Gasteiger partial charge in [0.1, 0.15) is 6.04 Å². The molecule has 2 heterocycles. The molecule has 142 valence electrons. The minimum atomic E-state index is -1.00. The fourth-order valence-electron chi connectivity index (χ4n) is 3.81. The molecule has 0 spiro atoms. The van der Waals surface area contributed by atoms with Crippen LogP contribution in [-0.2, 0) is 22.6 Å². The Labute approximate surface area is 162 Å². The van der Waals surface area contributed by atoms with Crippen LogP contribution in [-0.4, -0.2) is 37.9 Å². The Bertz CT molecular complexity index is 929. The number of nitrogens with zero attached hydrogens (tertiary/aromatic N) is 2. The highest BCUT2D eigenvalue weighted by Gasteiger charge is 2.36. The monoisotopic (exact) mass is 375 g/mol. The first-order chi connectivity index (χ1) is 13.6. The molecule has 6 heteroatoms. The molecule has 28 heavy (non-hydrogen) atoms. The van der Waals surface area contributed by atoms with Crippen molar-refractivity contribution in [1.29, 1.82) is 0 Å². The van der Waals surface area contributed by atoms with Gasteiger partial charge in [0.15, 0.2) is 0 Å². The number of carboxylic acids is 1. The Kier molecular flexibility index (Phi) is 4.93. The molecule has 0 saturated heterocycles. The number of nitrogens with one attached hydrogen (secondary N) is 1. The SMILES string of the molecule is O=C(O)[C@@H]1Cc2nc[nH]c2CN1C(=O)CC(c1ccccc1)c1ccccc1. The molecule has 2 N–H and O–H groups in total. The molecule has 6 nitrogen and oxygen atoms in total. The van der Waals surface area contributed by atoms with Gasteiger partial charge in [-0.05, 0) is 11.1 Å². The van der Waals surface area contributed by atoms with E-state index in [9.17, 15) is 14.7 Å². The van der Waals surface area contributed by atoms with E-state index in [1.54, 1.807) is 6.33 Å². The number of carbonyl (C=O) groups excluding carboxylic acids is 1. The lowest BCUT2D eigenvalue weighted by molar-refractivity contribution is -0.151. The number of hydrogen-bond donors (Lipinski definition) is 2. The van der Waals surface area contributed by atoms with Gasteiger partial charge in [0.25, 0.3) is 0 Å². The smallest absolute Gasteiger partial charge is 0.326 e. The number of carboxylic acid groups (broad SMARTS) is 1. The lowest BCUT2D eigenvalue weighted by Gasteiger charge is -2.33. The van der Waals surface area contributed by atoms with Crippen LogP contribution in [0.25, 0.3) is 0 Å². The highest BCUT2D eigenvalue weighted by Crippen LogP contribution is 2.30. The number of carbonyl (C=O) groups is 2. The van der Waals surface area contributed by atoms with E-state index in [-0.39, 0.29) is 31.2 Å². The second-order valence-electron chi connectivity index (χ2n) is 6.99. The van der Waals surface area contributed by atoms with E-state index in [0.717, 1.165) is 22.5 Å². The molecule has 0 unspecified atom stereocenters. The normalized spacial score (nSPS) is 16.0. The summed E-state index contributed by atoms with van der Waals surface area (Å²) >= 11 is 0. The van der Waals surface area contributed by atoms with E-state index in [1.165, 1.54) is 4.90 Å². The quantitative estimate of drug-likeness (QED) is 0.718.